The minimum atomic E-state index is 0.454. The van der Waals surface area contributed by atoms with E-state index in [0.29, 0.717) is 12.0 Å². The molecule has 0 aromatic carbocycles. The Morgan fingerprint density at radius 1 is 1.57 bits per heavy atom. The summed E-state index contributed by atoms with van der Waals surface area (Å²) in [5.74, 6) is 0.676. The fraction of sp³-hybridized carbons (Fsp3) is 1.00. The lowest BCUT2D eigenvalue weighted by Crippen LogP contribution is -2.32. The molecule has 0 bridgehead atoms. The molecule has 0 spiro atoms. The van der Waals surface area contributed by atoms with E-state index in [1.807, 2.05) is 0 Å². The molecule has 1 heterocycles. The van der Waals surface area contributed by atoms with Crippen LogP contribution in [0.2, 0.25) is 0 Å². The number of hydrogen-bond acceptors (Lipinski definition) is 3. The number of hydrogen-bond donors (Lipinski definition) is 1. The van der Waals surface area contributed by atoms with Gasteiger partial charge in [0.05, 0.1) is 6.10 Å². The zero-order valence-corrected chi connectivity index (χ0v) is 9.54. The number of methoxy groups -OCH3 is 1. The third kappa shape index (κ3) is 3.56. The molecule has 1 saturated heterocycles. The first-order valence-corrected chi connectivity index (χ1v) is 5.75. The fourth-order valence-electron chi connectivity index (χ4n) is 2.21. The van der Waals surface area contributed by atoms with Crippen molar-refractivity contribution in [2.24, 2.45) is 11.7 Å². The van der Waals surface area contributed by atoms with Crippen LogP contribution in [0.15, 0.2) is 0 Å². The minimum absolute atomic E-state index is 0.454. The van der Waals surface area contributed by atoms with Crippen LogP contribution >= 0.6 is 0 Å². The summed E-state index contributed by atoms with van der Waals surface area (Å²) >= 11 is 0. The predicted octanol–water partition coefficient (Wildman–Crippen LogP) is 1.08. The second kappa shape index (κ2) is 6.38. The molecule has 14 heavy (non-hydrogen) atoms. The van der Waals surface area contributed by atoms with Gasteiger partial charge >= 0.3 is 0 Å². The SMILES string of the molecule is CCCC(CN)CN1CCC(OC)C1. The maximum atomic E-state index is 5.75. The second-order valence-electron chi connectivity index (χ2n) is 4.30. The lowest BCUT2D eigenvalue weighted by molar-refractivity contribution is 0.105. The first kappa shape index (κ1) is 12.0. The number of rotatable bonds is 6. The summed E-state index contributed by atoms with van der Waals surface area (Å²) in [6.45, 7) is 6.48. The summed E-state index contributed by atoms with van der Waals surface area (Å²) in [6, 6.07) is 0. The molecule has 0 aromatic heterocycles. The standard InChI is InChI=1S/C11H24N2O/c1-3-4-10(7-12)8-13-6-5-11(9-13)14-2/h10-11H,3-9,12H2,1-2H3. The Labute approximate surface area is 87.6 Å². The number of nitrogens with zero attached hydrogens (tertiary/aromatic N) is 1. The highest BCUT2D eigenvalue weighted by atomic mass is 16.5. The number of ether oxygens (including phenoxy) is 1. The lowest BCUT2D eigenvalue weighted by Gasteiger charge is -2.22. The van der Waals surface area contributed by atoms with E-state index in [2.05, 4.69) is 11.8 Å². The van der Waals surface area contributed by atoms with Crippen molar-refractivity contribution in [2.45, 2.75) is 32.3 Å². The predicted molar refractivity (Wildman–Crippen MR) is 59.3 cm³/mol. The van der Waals surface area contributed by atoms with Crippen molar-refractivity contribution < 1.29 is 4.74 Å². The molecule has 0 radical (unpaired) electrons. The highest BCUT2D eigenvalue weighted by Gasteiger charge is 2.23. The van der Waals surface area contributed by atoms with Crippen LogP contribution in [0.3, 0.4) is 0 Å². The number of likely N-dealkylation sites (tertiary alicyclic amines) is 1. The Hall–Kier alpha value is -0.120. The van der Waals surface area contributed by atoms with Crippen molar-refractivity contribution >= 4 is 0 Å². The Kier molecular flexibility index (Phi) is 5.45. The summed E-state index contributed by atoms with van der Waals surface area (Å²) in [6.07, 6.45) is 4.13. The van der Waals surface area contributed by atoms with E-state index in [1.54, 1.807) is 7.11 Å². The molecular formula is C11H24N2O. The largest absolute Gasteiger partial charge is 0.380 e. The highest BCUT2D eigenvalue weighted by Crippen LogP contribution is 2.15. The Morgan fingerprint density at radius 3 is 2.86 bits per heavy atom. The van der Waals surface area contributed by atoms with Crippen molar-refractivity contribution in [1.82, 2.24) is 4.90 Å². The lowest BCUT2D eigenvalue weighted by atomic mass is 10.0. The first-order valence-electron chi connectivity index (χ1n) is 5.75. The van der Waals surface area contributed by atoms with Gasteiger partial charge in [-0.25, -0.2) is 0 Å². The van der Waals surface area contributed by atoms with Gasteiger partial charge in [-0.3, -0.25) is 0 Å². The summed E-state index contributed by atoms with van der Waals surface area (Å²) < 4.78 is 5.34. The zero-order valence-electron chi connectivity index (χ0n) is 9.54. The molecule has 0 saturated carbocycles. The van der Waals surface area contributed by atoms with Crippen LogP contribution in [0, 0.1) is 5.92 Å². The summed E-state index contributed by atoms with van der Waals surface area (Å²) in [5.41, 5.74) is 5.75. The maximum absolute atomic E-state index is 5.75. The fourth-order valence-corrected chi connectivity index (χ4v) is 2.21. The van der Waals surface area contributed by atoms with Crippen LogP contribution in [-0.4, -0.2) is 44.3 Å². The molecular weight excluding hydrogens is 176 g/mol. The van der Waals surface area contributed by atoms with Gasteiger partial charge in [-0.05, 0) is 25.3 Å². The molecule has 0 aliphatic carbocycles. The van der Waals surface area contributed by atoms with Gasteiger partial charge in [0.1, 0.15) is 0 Å². The summed E-state index contributed by atoms with van der Waals surface area (Å²) in [5, 5.41) is 0. The quantitative estimate of drug-likeness (QED) is 0.697. The smallest absolute Gasteiger partial charge is 0.0710 e. The van der Waals surface area contributed by atoms with Crippen LogP contribution in [0.5, 0.6) is 0 Å². The van der Waals surface area contributed by atoms with Crippen LogP contribution in [0.25, 0.3) is 0 Å². The van der Waals surface area contributed by atoms with E-state index < -0.39 is 0 Å². The molecule has 3 heteroatoms. The van der Waals surface area contributed by atoms with Crippen molar-refractivity contribution in [3.05, 3.63) is 0 Å². The van der Waals surface area contributed by atoms with Crippen molar-refractivity contribution in [1.29, 1.82) is 0 Å². The second-order valence-corrected chi connectivity index (χ2v) is 4.30. The third-order valence-electron chi connectivity index (χ3n) is 3.11. The minimum Gasteiger partial charge on any atom is -0.380 e. The molecule has 0 aromatic rings. The van der Waals surface area contributed by atoms with Gasteiger partial charge in [0.2, 0.25) is 0 Å². The monoisotopic (exact) mass is 200 g/mol. The van der Waals surface area contributed by atoms with Gasteiger partial charge in [-0.2, -0.15) is 0 Å². The molecule has 1 aliphatic heterocycles. The maximum Gasteiger partial charge on any atom is 0.0710 e. The molecule has 3 nitrogen and oxygen atoms in total. The van der Waals surface area contributed by atoms with E-state index in [0.717, 1.165) is 19.6 Å². The van der Waals surface area contributed by atoms with Gasteiger partial charge in [0.15, 0.2) is 0 Å². The van der Waals surface area contributed by atoms with Crippen molar-refractivity contribution in [3.63, 3.8) is 0 Å². The van der Waals surface area contributed by atoms with Crippen LogP contribution in [-0.2, 0) is 4.74 Å². The molecule has 0 amide bonds. The van der Waals surface area contributed by atoms with Gasteiger partial charge in [-0.15, -0.1) is 0 Å². The highest BCUT2D eigenvalue weighted by molar-refractivity contribution is 4.78. The molecule has 1 fully saturated rings. The Morgan fingerprint density at radius 2 is 2.36 bits per heavy atom. The Bertz CT molecular complexity index is 152. The molecule has 1 rings (SSSR count). The van der Waals surface area contributed by atoms with Gasteiger partial charge in [0.25, 0.3) is 0 Å². The molecule has 1 aliphatic rings. The first-order chi connectivity index (χ1) is 6.80. The molecule has 2 unspecified atom stereocenters. The summed E-state index contributed by atoms with van der Waals surface area (Å²) in [4.78, 5) is 2.49. The average Bonchev–Trinajstić information content (AvgIpc) is 2.65. The number of nitrogens with two attached hydrogens (primary N) is 1. The van der Waals surface area contributed by atoms with Gasteiger partial charge in [-0.1, -0.05) is 13.3 Å². The zero-order chi connectivity index (χ0) is 10.4. The van der Waals surface area contributed by atoms with E-state index in [1.165, 1.54) is 25.8 Å². The van der Waals surface area contributed by atoms with Gasteiger partial charge < -0.3 is 15.4 Å². The van der Waals surface area contributed by atoms with E-state index in [-0.39, 0.29) is 0 Å². The topological polar surface area (TPSA) is 38.5 Å². The van der Waals surface area contributed by atoms with Gasteiger partial charge in [0, 0.05) is 26.7 Å². The van der Waals surface area contributed by atoms with E-state index in [9.17, 15) is 0 Å². The van der Waals surface area contributed by atoms with Crippen LogP contribution in [0.4, 0.5) is 0 Å². The molecule has 2 atom stereocenters. The Balaban J connectivity index is 2.22. The normalized spacial score (nSPS) is 25.5. The summed E-state index contributed by atoms with van der Waals surface area (Å²) in [7, 11) is 1.81. The molecule has 84 valence electrons. The molecule has 2 N–H and O–H groups in total. The van der Waals surface area contributed by atoms with E-state index >= 15 is 0 Å². The van der Waals surface area contributed by atoms with Crippen LogP contribution < -0.4 is 5.73 Å². The third-order valence-corrected chi connectivity index (χ3v) is 3.11. The average molecular weight is 200 g/mol. The van der Waals surface area contributed by atoms with Crippen LogP contribution in [0.1, 0.15) is 26.2 Å². The van der Waals surface area contributed by atoms with E-state index in [4.69, 9.17) is 10.5 Å². The van der Waals surface area contributed by atoms with Crippen molar-refractivity contribution in [2.75, 3.05) is 33.3 Å². The van der Waals surface area contributed by atoms with Crippen molar-refractivity contribution in [3.8, 4) is 0 Å².